The Morgan fingerprint density at radius 2 is 2.50 bits per heavy atom. The minimum atomic E-state index is 0.0509. The van der Waals surface area contributed by atoms with E-state index in [2.05, 4.69) is 4.74 Å². The van der Waals surface area contributed by atoms with E-state index >= 15 is 0 Å². The molecule has 3 heteroatoms. The SMILES string of the molecule is C[CH]SC(=O)COC. The van der Waals surface area contributed by atoms with Gasteiger partial charge in [-0.1, -0.05) is 18.7 Å². The van der Waals surface area contributed by atoms with Crippen LogP contribution in [0.2, 0.25) is 0 Å². The fourth-order valence-electron chi connectivity index (χ4n) is 0.283. The van der Waals surface area contributed by atoms with E-state index in [0.717, 1.165) is 0 Å². The molecule has 0 fully saturated rings. The molecule has 0 aromatic rings. The maximum absolute atomic E-state index is 10.4. The van der Waals surface area contributed by atoms with Crippen LogP contribution in [-0.2, 0) is 9.53 Å². The van der Waals surface area contributed by atoms with Crippen molar-refractivity contribution in [2.75, 3.05) is 13.7 Å². The Hall–Kier alpha value is -0.0200. The molecule has 1 radical (unpaired) electrons. The molecule has 0 N–H and O–H groups in total. The first-order chi connectivity index (χ1) is 3.81. The molecule has 0 saturated carbocycles. The number of hydrogen-bond donors (Lipinski definition) is 0. The number of carbonyl (C=O) groups is 1. The molecule has 2 nitrogen and oxygen atoms in total. The Labute approximate surface area is 53.6 Å². The molecule has 0 heterocycles. The Bertz CT molecular complexity index is 64.8. The molecule has 0 amide bonds. The summed E-state index contributed by atoms with van der Waals surface area (Å²) in [7, 11) is 1.51. The molecule has 47 valence electrons. The third kappa shape index (κ3) is 4.15. The summed E-state index contributed by atoms with van der Waals surface area (Å²) in [5.41, 5.74) is 0. The average molecular weight is 133 g/mol. The minimum Gasteiger partial charge on any atom is -0.376 e. The van der Waals surface area contributed by atoms with Crippen molar-refractivity contribution < 1.29 is 9.53 Å². The fraction of sp³-hybridized carbons (Fsp3) is 0.600. The monoisotopic (exact) mass is 133 g/mol. The van der Waals surface area contributed by atoms with E-state index in [9.17, 15) is 4.79 Å². The topological polar surface area (TPSA) is 26.3 Å². The van der Waals surface area contributed by atoms with Crippen LogP contribution in [0.3, 0.4) is 0 Å². The summed E-state index contributed by atoms with van der Waals surface area (Å²) >= 11 is 1.17. The molecule has 8 heavy (non-hydrogen) atoms. The van der Waals surface area contributed by atoms with E-state index in [1.165, 1.54) is 18.9 Å². The lowest BCUT2D eigenvalue weighted by Gasteiger charge is -1.92. The van der Waals surface area contributed by atoms with E-state index in [1.807, 2.05) is 6.92 Å². The summed E-state index contributed by atoms with van der Waals surface area (Å²) in [4.78, 5) is 10.4. The van der Waals surface area contributed by atoms with E-state index in [0.29, 0.717) is 0 Å². The maximum atomic E-state index is 10.4. The number of rotatable bonds is 3. The third-order valence-corrected chi connectivity index (χ3v) is 1.13. The highest BCUT2D eigenvalue weighted by Crippen LogP contribution is 2.04. The number of thioether (sulfide) groups is 1. The van der Waals surface area contributed by atoms with Crippen molar-refractivity contribution in [3.05, 3.63) is 5.75 Å². The molecule has 0 aliphatic heterocycles. The molecule has 0 aromatic carbocycles. The van der Waals surface area contributed by atoms with Crippen molar-refractivity contribution in [1.29, 1.82) is 0 Å². The van der Waals surface area contributed by atoms with Crippen molar-refractivity contribution in [2.24, 2.45) is 0 Å². The fourth-order valence-corrected chi connectivity index (χ4v) is 0.732. The predicted molar refractivity (Wildman–Crippen MR) is 34.4 cm³/mol. The third-order valence-electron chi connectivity index (χ3n) is 0.511. The van der Waals surface area contributed by atoms with E-state index in [4.69, 9.17) is 0 Å². The van der Waals surface area contributed by atoms with Gasteiger partial charge in [0.15, 0.2) is 0 Å². The van der Waals surface area contributed by atoms with Crippen LogP contribution in [0.25, 0.3) is 0 Å². The lowest BCUT2D eigenvalue weighted by Crippen LogP contribution is -1.99. The van der Waals surface area contributed by atoms with E-state index in [1.54, 1.807) is 5.75 Å². The van der Waals surface area contributed by atoms with Crippen LogP contribution in [0.4, 0.5) is 0 Å². The molecular weight excluding hydrogens is 124 g/mol. The molecule has 0 spiro atoms. The van der Waals surface area contributed by atoms with Gasteiger partial charge in [0, 0.05) is 12.9 Å². The second-order valence-corrected chi connectivity index (χ2v) is 2.32. The summed E-state index contributed by atoms with van der Waals surface area (Å²) in [5, 5.41) is 0.0509. The molecular formula is C5H9O2S. The summed E-state index contributed by atoms with van der Waals surface area (Å²) in [5.74, 6) is 1.74. The first-order valence-corrected chi connectivity index (χ1v) is 3.15. The molecule has 0 aromatic heterocycles. The first-order valence-electron chi connectivity index (χ1n) is 2.27. The van der Waals surface area contributed by atoms with Gasteiger partial charge in [-0.05, 0) is 0 Å². The highest BCUT2D eigenvalue weighted by Gasteiger charge is 1.96. The summed E-state index contributed by atoms with van der Waals surface area (Å²) in [6, 6.07) is 0. The lowest BCUT2D eigenvalue weighted by atomic mass is 10.8. The van der Waals surface area contributed by atoms with Gasteiger partial charge in [-0.25, -0.2) is 0 Å². The van der Waals surface area contributed by atoms with Crippen LogP contribution in [0, 0.1) is 5.75 Å². The molecule has 0 aliphatic rings. The smallest absolute Gasteiger partial charge is 0.214 e. The van der Waals surface area contributed by atoms with Crippen LogP contribution in [0.5, 0.6) is 0 Å². The minimum absolute atomic E-state index is 0.0509. The average Bonchev–Trinajstić information content (AvgIpc) is 1.68. The number of methoxy groups -OCH3 is 1. The highest BCUT2D eigenvalue weighted by atomic mass is 32.2. The molecule has 0 rings (SSSR count). The molecule has 0 saturated heterocycles. The predicted octanol–water partition coefficient (Wildman–Crippen LogP) is 1.07. The second kappa shape index (κ2) is 5.12. The first kappa shape index (κ1) is 7.98. The van der Waals surface area contributed by atoms with Crippen molar-refractivity contribution in [3.8, 4) is 0 Å². The largest absolute Gasteiger partial charge is 0.376 e. The normalized spacial score (nSPS) is 9.25. The number of hydrogen-bond acceptors (Lipinski definition) is 3. The zero-order valence-corrected chi connectivity index (χ0v) is 5.83. The number of ether oxygens (including phenoxy) is 1. The molecule has 0 aliphatic carbocycles. The summed E-state index contributed by atoms with van der Waals surface area (Å²) < 4.78 is 4.57. The Kier molecular flexibility index (Phi) is 5.11. The Morgan fingerprint density at radius 3 is 2.88 bits per heavy atom. The Morgan fingerprint density at radius 1 is 1.88 bits per heavy atom. The van der Waals surface area contributed by atoms with Crippen molar-refractivity contribution in [1.82, 2.24) is 0 Å². The second-order valence-electron chi connectivity index (χ2n) is 1.16. The zero-order valence-electron chi connectivity index (χ0n) is 5.01. The van der Waals surface area contributed by atoms with Crippen LogP contribution in [-0.4, -0.2) is 18.8 Å². The molecule has 0 bridgehead atoms. The van der Waals surface area contributed by atoms with Gasteiger partial charge in [0.25, 0.3) is 0 Å². The molecule has 0 atom stereocenters. The van der Waals surface area contributed by atoms with Gasteiger partial charge in [0.2, 0.25) is 5.12 Å². The van der Waals surface area contributed by atoms with Gasteiger partial charge in [-0.15, -0.1) is 0 Å². The molecule has 0 unspecified atom stereocenters. The van der Waals surface area contributed by atoms with Crippen LogP contribution in [0.15, 0.2) is 0 Å². The van der Waals surface area contributed by atoms with E-state index in [-0.39, 0.29) is 11.7 Å². The number of carbonyl (C=O) groups excluding carboxylic acids is 1. The summed E-state index contributed by atoms with van der Waals surface area (Å²) in [6.45, 7) is 2.02. The van der Waals surface area contributed by atoms with Crippen LogP contribution in [0.1, 0.15) is 6.92 Å². The van der Waals surface area contributed by atoms with Gasteiger partial charge >= 0.3 is 0 Å². The van der Waals surface area contributed by atoms with Crippen molar-refractivity contribution in [3.63, 3.8) is 0 Å². The van der Waals surface area contributed by atoms with Gasteiger partial charge in [0.1, 0.15) is 6.61 Å². The van der Waals surface area contributed by atoms with E-state index < -0.39 is 0 Å². The van der Waals surface area contributed by atoms with Crippen LogP contribution >= 0.6 is 11.8 Å². The van der Waals surface area contributed by atoms with Crippen LogP contribution < -0.4 is 0 Å². The van der Waals surface area contributed by atoms with Gasteiger partial charge in [-0.2, -0.15) is 0 Å². The van der Waals surface area contributed by atoms with Gasteiger partial charge in [0.05, 0.1) is 0 Å². The maximum Gasteiger partial charge on any atom is 0.214 e. The van der Waals surface area contributed by atoms with Gasteiger partial charge < -0.3 is 4.74 Å². The Balaban J connectivity index is 3.06. The standard InChI is InChI=1S/C5H9O2S/c1-3-8-5(6)4-7-2/h3H,4H2,1-2H3. The van der Waals surface area contributed by atoms with Gasteiger partial charge in [-0.3, -0.25) is 4.79 Å². The lowest BCUT2D eigenvalue weighted by molar-refractivity contribution is -0.114. The summed E-state index contributed by atoms with van der Waals surface area (Å²) in [6.07, 6.45) is 0. The van der Waals surface area contributed by atoms with Crippen molar-refractivity contribution >= 4 is 16.9 Å². The van der Waals surface area contributed by atoms with Crippen molar-refractivity contribution in [2.45, 2.75) is 6.92 Å². The quantitative estimate of drug-likeness (QED) is 0.576. The highest BCUT2D eigenvalue weighted by molar-refractivity contribution is 8.15. The zero-order chi connectivity index (χ0) is 6.41.